The topological polar surface area (TPSA) is 92.9 Å². The number of hydrogen-bond donors (Lipinski definition) is 1. The molecule has 2 aromatic rings. The average Bonchev–Trinajstić information content (AvgIpc) is 2.66. The van der Waals surface area contributed by atoms with Crippen LogP contribution in [0, 0.1) is 0 Å². The van der Waals surface area contributed by atoms with Crippen LogP contribution in [0.3, 0.4) is 0 Å². The molecule has 0 radical (unpaired) electrons. The Kier molecular flexibility index (Phi) is 2.17. The number of pyridine rings is 1. The van der Waals surface area contributed by atoms with E-state index in [-0.39, 0.29) is 28.9 Å². The smallest absolute Gasteiger partial charge is 0.480 e. The summed E-state index contributed by atoms with van der Waals surface area (Å²) < 4.78 is 32.9. The van der Waals surface area contributed by atoms with E-state index in [1.165, 1.54) is 0 Å². The molecule has 0 saturated heterocycles. The van der Waals surface area contributed by atoms with Crippen LogP contribution in [0.4, 0.5) is 5.82 Å². The Morgan fingerprint density at radius 3 is 2.70 bits per heavy atom. The van der Waals surface area contributed by atoms with Gasteiger partial charge in [-0.05, 0) is 5.56 Å². The third-order valence-electron chi connectivity index (χ3n) is 2.89. The number of anilines is 1. The van der Waals surface area contributed by atoms with Gasteiger partial charge in [0.25, 0.3) is 5.88 Å². The Hall–Kier alpha value is -2.40. The largest absolute Gasteiger partial charge is 0.649 e. The van der Waals surface area contributed by atoms with E-state index in [0.717, 1.165) is 5.56 Å². The maximum atomic E-state index is 11.9. The first kappa shape index (κ1) is 11.4. The number of rotatable bonds is 3. The van der Waals surface area contributed by atoms with E-state index in [4.69, 9.17) is 24.0 Å². The van der Waals surface area contributed by atoms with Crippen molar-refractivity contribution in [2.45, 2.75) is 6.61 Å². The van der Waals surface area contributed by atoms with Crippen LogP contribution in [0.25, 0.3) is 0 Å². The number of nitrogens with zero attached hydrogens (tertiary/aromatic N) is 1. The molecule has 0 saturated carbocycles. The summed E-state index contributed by atoms with van der Waals surface area (Å²) >= 11 is 0. The Morgan fingerprint density at radius 2 is 1.90 bits per heavy atom. The van der Waals surface area contributed by atoms with Crippen molar-refractivity contribution < 1.29 is 22.9 Å². The lowest BCUT2D eigenvalue weighted by molar-refractivity contribution is 0.257. The standard InChI is InChI=1S/C12H9N2O5P/c13-11-9-8-10(16-6-7-4-2-1-3-5-7)12(14-11)19-20(15,17-8)18-9/h1-5H,6H2,(H2,13,14). The van der Waals surface area contributed by atoms with Gasteiger partial charge in [-0.15, -0.1) is 0 Å². The summed E-state index contributed by atoms with van der Waals surface area (Å²) in [6.07, 6.45) is 0. The molecule has 20 heavy (non-hydrogen) atoms. The van der Waals surface area contributed by atoms with Crippen molar-refractivity contribution >= 4 is 13.6 Å². The van der Waals surface area contributed by atoms with E-state index in [0.29, 0.717) is 6.61 Å². The van der Waals surface area contributed by atoms with Gasteiger partial charge in [0.05, 0.1) is 0 Å². The van der Waals surface area contributed by atoms with Crippen molar-refractivity contribution in [2.75, 3.05) is 5.73 Å². The molecule has 1 atom stereocenters. The Bertz CT molecular complexity index is 743. The van der Waals surface area contributed by atoms with Crippen molar-refractivity contribution in [1.82, 2.24) is 4.98 Å². The molecular weight excluding hydrogens is 283 g/mol. The summed E-state index contributed by atoms with van der Waals surface area (Å²) in [5.41, 5.74) is 6.63. The Labute approximate surface area is 113 Å². The predicted molar refractivity (Wildman–Crippen MR) is 68.9 cm³/mol. The number of phosphoric ester groups is 1. The Morgan fingerprint density at radius 1 is 1.15 bits per heavy atom. The summed E-state index contributed by atoms with van der Waals surface area (Å²) in [7, 11) is -3.65. The van der Waals surface area contributed by atoms with E-state index in [1.54, 1.807) is 0 Å². The number of nitrogens with two attached hydrogens (primary N) is 1. The van der Waals surface area contributed by atoms with E-state index in [1.807, 2.05) is 30.3 Å². The molecule has 102 valence electrons. The summed E-state index contributed by atoms with van der Waals surface area (Å²) in [5, 5.41) is 0. The maximum absolute atomic E-state index is 11.9. The minimum Gasteiger partial charge on any atom is -0.480 e. The second-order valence-corrected chi connectivity index (χ2v) is 5.73. The predicted octanol–water partition coefficient (Wildman–Crippen LogP) is 2.51. The van der Waals surface area contributed by atoms with Crippen LogP contribution in [-0.2, 0) is 11.2 Å². The molecule has 2 aliphatic heterocycles. The number of ether oxygens (including phenoxy) is 1. The second-order valence-electron chi connectivity index (χ2n) is 4.28. The van der Waals surface area contributed by atoms with Crippen LogP contribution in [0.1, 0.15) is 5.56 Å². The Balaban J connectivity index is 1.69. The molecule has 2 N–H and O–H groups in total. The van der Waals surface area contributed by atoms with Crippen LogP contribution >= 0.6 is 7.82 Å². The number of benzene rings is 1. The summed E-state index contributed by atoms with van der Waals surface area (Å²) in [6.45, 7) is 0.295. The molecule has 1 aromatic heterocycles. The van der Waals surface area contributed by atoms with Gasteiger partial charge in [-0.25, -0.2) is 0 Å². The van der Waals surface area contributed by atoms with Crippen molar-refractivity contribution in [3.8, 4) is 23.1 Å². The van der Waals surface area contributed by atoms with Crippen molar-refractivity contribution in [3.63, 3.8) is 0 Å². The fourth-order valence-electron chi connectivity index (χ4n) is 2.00. The zero-order valence-electron chi connectivity index (χ0n) is 10.1. The molecule has 3 bridgehead atoms. The van der Waals surface area contributed by atoms with Crippen LogP contribution in [0.5, 0.6) is 23.1 Å². The molecule has 4 rings (SSSR count). The lowest BCUT2D eigenvalue weighted by Gasteiger charge is -2.17. The molecule has 7 nitrogen and oxygen atoms in total. The van der Waals surface area contributed by atoms with Crippen LogP contribution in [0.15, 0.2) is 30.3 Å². The molecule has 0 spiro atoms. The third-order valence-corrected chi connectivity index (χ3v) is 4.10. The first-order valence-corrected chi connectivity index (χ1v) is 7.30. The van der Waals surface area contributed by atoms with Gasteiger partial charge < -0.3 is 24.0 Å². The highest BCUT2D eigenvalue weighted by molar-refractivity contribution is 7.50. The molecule has 0 amide bonds. The van der Waals surface area contributed by atoms with Gasteiger partial charge in [0.15, 0.2) is 5.82 Å². The van der Waals surface area contributed by atoms with Gasteiger partial charge in [-0.2, -0.15) is 9.55 Å². The van der Waals surface area contributed by atoms with E-state index < -0.39 is 7.82 Å². The fourth-order valence-corrected chi connectivity index (χ4v) is 3.24. The summed E-state index contributed by atoms with van der Waals surface area (Å²) in [4.78, 5) is 3.96. The minimum atomic E-state index is -3.65. The minimum absolute atomic E-state index is 0.0317. The normalized spacial score (nSPS) is 21.0. The maximum Gasteiger partial charge on any atom is 0.649 e. The number of aromatic nitrogens is 1. The average molecular weight is 292 g/mol. The fraction of sp³-hybridized carbons (Fsp3) is 0.0833. The molecule has 1 unspecified atom stereocenters. The lowest BCUT2D eigenvalue weighted by Crippen LogP contribution is -2.07. The highest BCUT2D eigenvalue weighted by Crippen LogP contribution is 2.69. The van der Waals surface area contributed by atoms with Gasteiger partial charge in [0.2, 0.25) is 17.2 Å². The zero-order valence-corrected chi connectivity index (χ0v) is 11.0. The first-order valence-electron chi connectivity index (χ1n) is 5.84. The molecule has 8 heteroatoms. The molecule has 0 aliphatic carbocycles. The van der Waals surface area contributed by atoms with Gasteiger partial charge >= 0.3 is 7.82 Å². The third kappa shape index (κ3) is 1.60. The van der Waals surface area contributed by atoms with E-state index >= 15 is 0 Å². The molecule has 3 heterocycles. The van der Waals surface area contributed by atoms with E-state index in [2.05, 4.69) is 4.98 Å². The van der Waals surface area contributed by atoms with Crippen LogP contribution < -0.4 is 24.0 Å². The second kappa shape index (κ2) is 3.80. The van der Waals surface area contributed by atoms with Gasteiger partial charge in [-0.1, -0.05) is 30.3 Å². The van der Waals surface area contributed by atoms with Gasteiger partial charge in [-0.3, -0.25) is 0 Å². The summed E-state index contributed by atoms with van der Waals surface area (Å²) in [5.74, 6) is 0.652. The van der Waals surface area contributed by atoms with Crippen molar-refractivity contribution in [1.29, 1.82) is 0 Å². The SMILES string of the molecule is Nc1nc2c(OCc3ccccc3)c3c1OP(=O)(O2)O3. The summed E-state index contributed by atoms with van der Waals surface area (Å²) in [6, 6.07) is 9.55. The number of phosphoric acid groups is 1. The molecule has 2 aliphatic rings. The molecule has 1 aromatic carbocycles. The number of hydrogen-bond acceptors (Lipinski definition) is 7. The molecule has 0 fully saturated rings. The van der Waals surface area contributed by atoms with Crippen LogP contribution in [-0.4, -0.2) is 4.98 Å². The van der Waals surface area contributed by atoms with Crippen LogP contribution in [0.2, 0.25) is 0 Å². The van der Waals surface area contributed by atoms with Crippen molar-refractivity contribution in [3.05, 3.63) is 35.9 Å². The quantitative estimate of drug-likeness (QED) is 0.869. The molecular formula is C12H9N2O5P. The van der Waals surface area contributed by atoms with Gasteiger partial charge in [0, 0.05) is 0 Å². The number of fused-ring (bicyclic) bond motifs is 2. The first-order chi connectivity index (χ1) is 9.65. The van der Waals surface area contributed by atoms with Gasteiger partial charge in [0.1, 0.15) is 6.61 Å². The zero-order chi connectivity index (χ0) is 13.7. The lowest BCUT2D eigenvalue weighted by atomic mass is 10.2. The highest BCUT2D eigenvalue weighted by atomic mass is 31.2. The van der Waals surface area contributed by atoms with Crippen molar-refractivity contribution in [2.24, 2.45) is 0 Å². The number of nitrogen functional groups attached to an aromatic ring is 1. The highest BCUT2D eigenvalue weighted by Gasteiger charge is 2.51. The van der Waals surface area contributed by atoms with E-state index in [9.17, 15) is 4.57 Å². The monoisotopic (exact) mass is 292 g/mol.